The van der Waals surface area contributed by atoms with Crippen LogP contribution in [0.3, 0.4) is 0 Å². The first-order chi connectivity index (χ1) is 12.2. The van der Waals surface area contributed by atoms with Gasteiger partial charge < -0.3 is 0 Å². The normalized spacial score (nSPS) is 14.7. The van der Waals surface area contributed by atoms with Crippen LogP contribution in [-0.4, -0.2) is 31.2 Å². The summed E-state index contributed by atoms with van der Waals surface area (Å²) in [5.74, 6) is 0.825. The van der Waals surface area contributed by atoms with E-state index < -0.39 is 0 Å². The Labute approximate surface area is 148 Å². The van der Waals surface area contributed by atoms with Gasteiger partial charge in [-0.3, -0.25) is 9.58 Å². The summed E-state index contributed by atoms with van der Waals surface area (Å²) in [5, 5.41) is 4.44. The van der Waals surface area contributed by atoms with Crippen LogP contribution in [0, 0.1) is 0 Å². The largest absolute Gasteiger partial charge is 0.294 e. The number of nitrogens with zero attached hydrogens (tertiary/aromatic N) is 5. The quantitative estimate of drug-likeness (QED) is 0.733. The fraction of sp³-hybridized carbons (Fsp3) is 0.350. The van der Waals surface area contributed by atoms with Crippen LogP contribution in [0.4, 0.5) is 0 Å². The lowest BCUT2D eigenvalue weighted by atomic mass is 10.1. The van der Waals surface area contributed by atoms with Crippen molar-refractivity contribution in [2.24, 2.45) is 0 Å². The van der Waals surface area contributed by atoms with Crippen LogP contribution in [0.25, 0.3) is 11.4 Å². The van der Waals surface area contributed by atoms with E-state index in [1.54, 1.807) is 0 Å². The maximum Gasteiger partial charge on any atom is 0.159 e. The van der Waals surface area contributed by atoms with Crippen molar-refractivity contribution in [3.05, 3.63) is 65.7 Å². The highest BCUT2D eigenvalue weighted by Gasteiger charge is 2.19. The van der Waals surface area contributed by atoms with Gasteiger partial charge in [0.05, 0.1) is 11.9 Å². The minimum absolute atomic E-state index is 0.403. The van der Waals surface area contributed by atoms with Gasteiger partial charge >= 0.3 is 0 Å². The Hall–Kier alpha value is -2.53. The van der Waals surface area contributed by atoms with Crippen LogP contribution >= 0.6 is 0 Å². The average molecular weight is 333 g/mol. The van der Waals surface area contributed by atoms with Crippen molar-refractivity contribution in [2.75, 3.05) is 6.54 Å². The van der Waals surface area contributed by atoms with Crippen molar-refractivity contribution in [1.29, 1.82) is 0 Å². The van der Waals surface area contributed by atoms with Crippen molar-refractivity contribution in [3.8, 4) is 11.4 Å². The first-order valence-corrected chi connectivity index (χ1v) is 8.84. The van der Waals surface area contributed by atoms with E-state index in [0.717, 1.165) is 37.4 Å². The second-order valence-corrected chi connectivity index (χ2v) is 6.91. The standard InChI is InChI=1S/C20H23N5/c1-15(2)25-13-16(10-22-25)12-24-9-8-19-18(14-24)11-21-20(23-19)17-6-4-3-5-7-17/h3-7,10-11,13,15H,8-9,12,14H2,1-2H3. The van der Waals surface area contributed by atoms with E-state index in [1.807, 2.05) is 35.3 Å². The van der Waals surface area contributed by atoms with E-state index in [-0.39, 0.29) is 0 Å². The molecule has 4 rings (SSSR count). The molecule has 0 bridgehead atoms. The fourth-order valence-electron chi connectivity index (χ4n) is 3.24. The molecule has 0 saturated carbocycles. The first-order valence-electron chi connectivity index (χ1n) is 8.84. The van der Waals surface area contributed by atoms with Crippen LogP contribution in [0.5, 0.6) is 0 Å². The molecule has 3 heterocycles. The lowest BCUT2D eigenvalue weighted by Crippen LogP contribution is -2.30. The Morgan fingerprint density at radius 1 is 1.12 bits per heavy atom. The molecule has 25 heavy (non-hydrogen) atoms. The minimum Gasteiger partial charge on any atom is -0.294 e. The van der Waals surface area contributed by atoms with Crippen LogP contribution in [0.2, 0.25) is 0 Å². The maximum atomic E-state index is 4.80. The summed E-state index contributed by atoms with van der Waals surface area (Å²) in [6, 6.07) is 10.6. The Morgan fingerprint density at radius 2 is 1.96 bits per heavy atom. The zero-order chi connectivity index (χ0) is 17.2. The van der Waals surface area contributed by atoms with Gasteiger partial charge in [0.2, 0.25) is 0 Å². The molecule has 0 amide bonds. The molecule has 0 fully saturated rings. The van der Waals surface area contributed by atoms with Crippen LogP contribution in [-0.2, 0) is 19.5 Å². The number of aromatic nitrogens is 4. The molecular weight excluding hydrogens is 310 g/mol. The lowest BCUT2D eigenvalue weighted by molar-refractivity contribution is 0.243. The van der Waals surface area contributed by atoms with Crippen LogP contribution < -0.4 is 0 Å². The molecule has 0 aliphatic carbocycles. The summed E-state index contributed by atoms with van der Waals surface area (Å²) in [6.45, 7) is 7.14. The molecule has 128 valence electrons. The zero-order valence-corrected chi connectivity index (χ0v) is 14.8. The van der Waals surface area contributed by atoms with E-state index in [1.165, 1.54) is 16.8 Å². The van der Waals surface area contributed by atoms with E-state index >= 15 is 0 Å². The van der Waals surface area contributed by atoms with Crippen LogP contribution in [0.15, 0.2) is 48.9 Å². The Morgan fingerprint density at radius 3 is 2.72 bits per heavy atom. The highest BCUT2D eigenvalue weighted by atomic mass is 15.3. The first kappa shape index (κ1) is 16.0. The molecule has 5 nitrogen and oxygen atoms in total. The Kier molecular flexibility index (Phi) is 4.32. The van der Waals surface area contributed by atoms with Gasteiger partial charge in [-0.25, -0.2) is 9.97 Å². The fourth-order valence-corrected chi connectivity index (χ4v) is 3.24. The molecular formula is C20H23N5. The van der Waals surface area contributed by atoms with Crippen LogP contribution in [0.1, 0.15) is 36.7 Å². The van der Waals surface area contributed by atoms with Gasteiger partial charge in [0.15, 0.2) is 5.82 Å². The topological polar surface area (TPSA) is 46.8 Å². The maximum absolute atomic E-state index is 4.80. The van der Waals surface area contributed by atoms with Crippen molar-refractivity contribution in [3.63, 3.8) is 0 Å². The smallest absolute Gasteiger partial charge is 0.159 e. The van der Waals surface area contributed by atoms with E-state index in [4.69, 9.17) is 4.98 Å². The van der Waals surface area contributed by atoms with Gasteiger partial charge in [-0.05, 0) is 13.8 Å². The highest BCUT2D eigenvalue weighted by molar-refractivity contribution is 5.54. The van der Waals surface area contributed by atoms with Crippen molar-refractivity contribution in [1.82, 2.24) is 24.6 Å². The summed E-state index contributed by atoms with van der Waals surface area (Å²) in [6.07, 6.45) is 7.09. The van der Waals surface area contributed by atoms with Crippen molar-refractivity contribution in [2.45, 2.75) is 39.4 Å². The van der Waals surface area contributed by atoms with Gasteiger partial charge in [-0.1, -0.05) is 30.3 Å². The summed E-state index contributed by atoms with van der Waals surface area (Å²) in [4.78, 5) is 11.8. The molecule has 1 aliphatic rings. The molecule has 1 aliphatic heterocycles. The van der Waals surface area contributed by atoms with Gasteiger partial charge in [0.1, 0.15) is 0 Å². The lowest BCUT2D eigenvalue weighted by Gasteiger charge is -2.27. The summed E-state index contributed by atoms with van der Waals surface area (Å²) >= 11 is 0. The molecule has 0 radical (unpaired) electrons. The number of benzene rings is 1. The number of fused-ring (bicyclic) bond motifs is 1. The van der Waals surface area contributed by atoms with Crippen molar-refractivity contribution >= 4 is 0 Å². The Bertz CT molecular complexity index is 854. The van der Waals surface area contributed by atoms with Crippen molar-refractivity contribution < 1.29 is 0 Å². The minimum atomic E-state index is 0.403. The molecule has 5 heteroatoms. The molecule has 0 unspecified atom stereocenters. The summed E-state index contributed by atoms with van der Waals surface area (Å²) in [5.41, 5.74) is 4.76. The third-order valence-electron chi connectivity index (χ3n) is 4.64. The predicted octanol–water partition coefficient (Wildman–Crippen LogP) is 3.48. The third kappa shape index (κ3) is 3.46. The van der Waals surface area contributed by atoms with Gasteiger partial charge in [-0.2, -0.15) is 5.10 Å². The highest BCUT2D eigenvalue weighted by Crippen LogP contribution is 2.22. The van der Waals surface area contributed by atoms with Gasteiger partial charge in [0.25, 0.3) is 0 Å². The number of rotatable bonds is 4. The molecule has 0 spiro atoms. The number of hydrogen-bond acceptors (Lipinski definition) is 4. The average Bonchev–Trinajstić information content (AvgIpc) is 3.11. The molecule has 3 aromatic rings. The monoisotopic (exact) mass is 333 g/mol. The van der Waals surface area contributed by atoms with E-state index in [2.05, 4.69) is 47.2 Å². The molecule has 2 aromatic heterocycles. The predicted molar refractivity (Wildman–Crippen MR) is 97.9 cm³/mol. The second kappa shape index (κ2) is 6.76. The van der Waals surface area contributed by atoms with Gasteiger partial charge in [0, 0.05) is 61.2 Å². The van der Waals surface area contributed by atoms with E-state index in [9.17, 15) is 0 Å². The van der Waals surface area contributed by atoms with Gasteiger partial charge in [-0.15, -0.1) is 0 Å². The molecule has 0 saturated heterocycles. The molecule has 0 N–H and O–H groups in total. The van der Waals surface area contributed by atoms with E-state index in [0.29, 0.717) is 6.04 Å². The SMILES string of the molecule is CC(C)n1cc(CN2CCc3nc(-c4ccccc4)ncc3C2)cn1. The summed E-state index contributed by atoms with van der Waals surface area (Å²) in [7, 11) is 0. The Balaban J connectivity index is 1.48. The second-order valence-electron chi connectivity index (χ2n) is 6.91. The summed E-state index contributed by atoms with van der Waals surface area (Å²) < 4.78 is 2.02. The zero-order valence-electron chi connectivity index (χ0n) is 14.8. The molecule has 1 aromatic carbocycles. The molecule has 0 atom stereocenters. The third-order valence-corrected chi connectivity index (χ3v) is 4.64. The number of hydrogen-bond donors (Lipinski definition) is 0.